The molecule has 3 aromatic rings. The summed E-state index contributed by atoms with van der Waals surface area (Å²) in [5, 5.41) is 3.89. The molecule has 1 saturated heterocycles. The summed E-state index contributed by atoms with van der Waals surface area (Å²) in [4.78, 5) is 19.3. The summed E-state index contributed by atoms with van der Waals surface area (Å²) in [6.45, 7) is 1.55. The molecule has 1 aliphatic heterocycles. The highest BCUT2D eigenvalue weighted by atomic mass is 79.9. The monoisotopic (exact) mass is 433 g/mol. The van der Waals surface area contributed by atoms with E-state index in [4.69, 9.17) is 0 Å². The molecule has 0 aliphatic carbocycles. The number of hydrogen-bond donors (Lipinski definition) is 1. The van der Waals surface area contributed by atoms with E-state index in [1.807, 2.05) is 24.3 Å². The maximum atomic E-state index is 13.3. The molecule has 2 heterocycles. The maximum Gasteiger partial charge on any atom is 0.227 e. The molecule has 134 valence electrons. The van der Waals surface area contributed by atoms with Crippen LogP contribution in [0, 0.1) is 11.7 Å². The van der Waals surface area contributed by atoms with Gasteiger partial charge in [0, 0.05) is 29.2 Å². The van der Waals surface area contributed by atoms with Gasteiger partial charge in [-0.2, -0.15) is 0 Å². The number of piperidine rings is 1. The van der Waals surface area contributed by atoms with Crippen LogP contribution in [0.5, 0.6) is 0 Å². The number of rotatable bonds is 3. The maximum absolute atomic E-state index is 13.3. The van der Waals surface area contributed by atoms with Crippen molar-refractivity contribution in [3.8, 4) is 0 Å². The number of carbonyl (C=O) groups excluding carboxylic acids is 1. The van der Waals surface area contributed by atoms with Crippen LogP contribution in [-0.4, -0.2) is 24.0 Å². The summed E-state index contributed by atoms with van der Waals surface area (Å²) in [5.41, 5.74) is 1.63. The van der Waals surface area contributed by atoms with Crippen molar-refractivity contribution in [2.45, 2.75) is 12.8 Å². The van der Waals surface area contributed by atoms with Crippen molar-refractivity contribution in [3.05, 3.63) is 52.8 Å². The van der Waals surface area contributed by atoms with Crippen molar-refractivity contribution >= 4 is 54.2 Å². The molecule has 0 radical (unpaired) electrons. The highest BCUT2D eigenvalue weighted by Gasteiger charge is 2.26. The largest absolute Gasteiger partial charge is 0.348 e. The minimum absolute atomic E-state index is 0.00273. The normalized spacial score (nSPS) is 15.4. The first-order valence-electron chi connectivity index (χ1n) is 8.46. The Hall–Kier alpha value is -1.99. The summed E-state index contributed by atoms with van der Waals surface area (Å²) >= 11 is 4.91. The minimum atomic E-state index is -0.240. The number of fused-ring (bicyclic) bond motifs is 1. The average Bonchev–Trinajstić information content (AvgIpc) is 3.05. The number of amides is 1. The van der Waals surface area contributed by atoms with Crippen LogP contribution in [0.4, 0.5) is 15.2 Å². The number of aromatic nitrogens is 1. The van der Waals surface area contributed by atoms with Crippen LogP contribution in [-0.2, 0) is 4.79 Å². The summed E-state index contributed by atoms with van der Waals surface area (Å²) in [7, 11) is 0. The molecule has 0 unspecified atom stereocenters. The molecule has 1 aliphatic rings. The lowest BCUT2D eigenvalue weighted by Gasteiger charge is -2.31. The highest BCUT2D eigenvalue weighted by molar-refractivity contribution is 9.10. The Labute approximate surface area is 163 Å². The number of nitrogens with zero attached hydrogens (tertiary/aromatic N) is 2. The van der Waals surface area contributed by atoms with E-state index < -0.39 is 0 Å². The number of benzene rings is 2. The summed E-state index contributed by atoms with van der Waals surface area (Å²) in [6, 6.07) is 12.3. The number of nitrogens with one attached hydrogen (secondary N) is 1. The zero-order chi connectivity index (χ0) is 18.1. The van der Waals surface area contributed by atoms with Gasteiger partial charge in [-0.15, -0.1) is 0 Å². The molecule has 1 aromatic heterocycles. The van der Waals surface area contributed by atoms with E-state index in [1.165, 1.54) is 23.5 Å². The van der Waals surface area contributed by atoms with Gasteiger partial charge in [0.05, 0.1) is 10.2 Å². The van der Waals surface area contributed by atoms with E-state index in [9.17, 15) is 9.18 Å². The molecule has 0 saturated carbocycles. The van der Waals surface area contributed by atoms with Gasteiger partial charge in [0.25, 0.3) is 0 Å². The average molecular weight is 434 g/mol. The van der Waals surface area contributed by atoms with Gasteiger partial charge in [-0.3, -0.25) is 4.79 Å². The van der Waals surface area contributed by atoms with Gasteiger partial charge in [-0.1, -0.05) is 33.3 Å². The van der Waals surface area contributed by atoms with Crippen LogP contribution in [0.25, 0.3) is 10.2 Å². The fraction of sp³-hybridized carbons (Fsp3) is 0.263. The second kappa shape index (κ2) is 7.32. The van der Waals surface area contributed by atoms with Gasteiger partial charge in [0.15, 0.2) is 5.13 Å². The number of halogens is 2. The fourth-order valence-electron chi connectivity index (χ4n) is 3.17. The van der Waals surface area contributed by atoms with Crippen molar-refractivity contribution in [2.75, 3.05) is 23.3 Å². The van der Waals surface area contributed by atoms with E-state index in [0.717, 1.165) is 51.4 Å². The topological polar surface area (TPSA) is 45.2 Å². The van der Waals surface area contributed by atoms with Gasteiger partial charge in [0.1, 0.15) is 5.82 Å². The van der Waals surface area contributed by atoms with Gasteiger partial charge >= 0.3 is 0 Å². The van der Waals surface area contributed by atoms with Crippen molar-refractivity contribution in [1.82, 2.24) is 4.98 Å². The molecule has 1 N–H and O–H groups in total. The summed E-state index contributed by atoms with van der Waals surface area (Å²) < 4.78 is 15.1. The van der Waals surface area contributed by atoms with Crippen LogP contribution < -0.4 is 10.2 Å². The minimum Gasteiger partial charge on any atom is -0.348 e. The van der Waals surface area contributed by atoms with E-state index in [0.29, 0.717) is 0 Å². The SMILES string of the molecule is O=C(Nc1cccc(Br)c1)C1CCN(c2nc3ccc(F)cc3s2)CC1. The smallest absolute Gasteiger partial charge is 0.227 e. The zero-order valence-corrected chi connectivity index (χ0v) is 16.3. The van der Waals surface area contributed by atoms with Gasteiger partial charge < -0.3 is 10.2 Å². The van der Waals surface area contributed by atoms with E-state index in [1.54, 1.807) is 6.07 Å². The molecule has 2 aromatic carbocycles. The summed E-state index contributed by atoms with van der Waals surface area (Å²) in [6.07, 6.45) is 1.56. The van der Waals surface area contributed by atoms with Crippen LogP contribution in [0.2, 0.25) is 0 Å². The Kier molecular flexibility index (Phi) is 4.91. The number of anilines is 2. The molecule has 4 rings (SSSR count). The first kappa shape index (κ1) is 17.4. The van der Waals surface area contributed by atoms with Crippen LogP contribution in [0.3, 0.4) is 0 Å². The molecular formula is C19H17BrFN3OS. The second-order valence-electron chi connectivity index (χ2n) is 6.37. The molecule has 4 nitrogen and oxygen atoms in total. The third-order valence-corrected chi connectivity index (χ3v) is 6.14. The molecule has 1 fully saturated rings. The Bertz CT molecular complexity index is 953. The number of hydrogen-bond acceptors (Lipinski definition) is 4. The lowest BCUT2D eigenvalue weighted by molar-refractivity contribution is -0.120. The van der Waals surface area contributed by atoms with E-state index in [-0.39, 0.29) is 17.6 Å². The third kappa shape index (κ3) is 3.73. The van der Waals surface area contributed by atoms with E-state index in [2.05, 4.69) is 31.1 Å². The first-order chi connectivity index (χ1) is 12.6. The molecular weight excluding hydrogens is 417 g/mol. The van der Waals surface area contributed by atoms with Gasteiger partial charge in [-0.05, 0) is 49.2 Å². The van der Waals surface area contributed by atoms with Gasteiger partial charge in [0.2, 0.25) is 5.91 Å². The third-order valence-electron chi connectivity index (χ3n) is 4.57. The number of carbonyl (C=O) groups is 1. The van der Waals surface area contributed by atoms with Gasteiger partial charge in [-0.25, -0.2) is 9.37 Å². The van der Waals surface area contributed by atoms with Crippen LogP contribution >= 0.6 is 27.3 Å². The molecule has 0 atom stereocenters. The lowest BCUT2D eigenvalue weighted by atomic mass is 9.96. The molecule has 0 bridgehead atoms. The molecule has 7 heteroatoms. The van der Waals surface area contributed by atoms with Crippen molar-refractivity contribution in [1.29, 1.82) is 0 Å². The quantitative estimate of drug-likeness (QED) is 0.628. The Morgan fingerprint density at radius 1 is 1.23 bits per heavy atom. The van der Waals surface area contributed by atoms with Crippen LogP contribution in [0.1, 0.15) is 12.8 Å². The standard InChI is InChI=1S/C19H17BrFN3OS/c20-13-2-1-3-15(10-13)22-18(25)12-6-8-24(9-7-12)19-23-16-5-4-14(21)11-17(16)26-19/h1-5,10-12H,6-9H2,(H,22,25). The van der Waals surface area contributed by atoms with Crippen molar-refractivity contribution in [2.24, 2.45) is 5.92 Å². The van der Waals surface area contributed by atoms with E-state index >= 15 is 0 Å². The zero-order valence-electron chi connectivity index (χ0n) is 13.9. The fourth-order valence-corrected chi connectivity index (χ4v) is 4.61. The van der Waals surface area contributed by atoms with Crippen LogP contribution in [0.15, 0.2) is 46.9 Å². The predicted molar refractivity (Wildman–Crippen MR) is 107 cm³/mol. The Morgan fingerprint density at radius 3 is 2.81 bits per heavy atom. The Morgan fingerprint density at radius 2 is 2.04 bits per heavy atom. The number of thiazole rings is 1. The molecule has 26 heavy (non-hydrogen) atoms. The second-order valence-corrected chi connectivity index (χ2v) is 8.29. The van der Waals surface area contributed by atoms with Crippen molar-refractivity contribution < 1.29 is 9.18 Å². The predicted octanol–water partition coefficient (Wildman–Crippen LogP) is 5.05. The molecule has 0 spiro atoms. The Balaban J connectivity index is 1.39. The summed E-state index contributed by atoms with van der Waals surface area (Å²) in [5.74, 6) is -0.179. The first-order valence-corrected chi connectivity index (χ1v) is 10.1. The lowest BCUT2D eigenvalue weighted by Crippen LogP contribution is -2.38. The molecule has 1 amide bonds. The van der Waals surface area contributed by atoms with Crippen molar-refractivity contribution in [3.63, 3.8) is 0 Å². The highest BCUT2D eigenvalue weighted by Crippen LogP contribution is 2.32.